The molecule has 0 aromatic carbocycles. The topological polar surface area (TPSA) is 67.1 Å². The van der Waals surface area contributed by atoms with Crippen molar-refractivity contribution in [1.29, 1.82) is 0 Å². The summed E-state index contributed by atoms with van der Waals surface area (Å²) in [7, 11) is 3.80. The average Bonchev–Trinajstić information content (AvgIpc) is 2.95. The van der Waals surface area contributed by atoms with Crippen molar-refractivity contribution in [3.63, 3.8) is 0 Å². The molecule has 1 N–H and O–H groups in total. The van der Waals surface area contributed by atoms with Crippen LogP contribution in [-0.4, -0.2) is 35.8 Å². The van der Waals surface area contributed by atoms with Gasteiger partial charge in [0.2, 0.25) is 5.89 Å². The Morgan fingerprint density at radius 2 is 2.21 bits per heavy atom. The molecule has 1 unspecified atom stereocenters. The Hall–Kier alpha value is -1.95. The number of aromatic nitrogens is 3. The zero-order chi connectivity index (χ0) is 13.7. The zero-order valence-electron chi connectivity index (χ0n) is 11.5. The van der Waals surface area contributed by atoms with Gasteiger partial charge in [0.1, 0.15) is 0 Å². The first-order valence-electron chi connectivity index (χ1n) is 6.32. The maximum atomic E-state index is 5.61. The molecule has 2 aromatic rings. The normalized spacial score (nSPS) is 12.4. The van der Waals surface area contributed by atoms with Gasteiger partial charge in [0.15, 0.2) is 0 Å². The molecule has 0 saturated carbocycles. The highest BCUT2D eigenvalue weighted by Crippen LogP contribution is 2.15. The van der Waals surface area contributed by atoms with Crippen LogP contribution in [0.1, 0.15) is 24.6 Å². The van der Waals surface area contributed by atoms with Gasteiger partial charge < -0.3 is 14.6 Å². The van der Waals surface area contributed by atoms with Crippen LogP contribution in [0.25, 0.3) is 0 Å². The molecule has 2 aromatic heterocycles. The Bertz CT molecular complexity index is 499. The molecule has 19 heavy (non-hydrogen) atoms. The molecule has 102 valence electrons. The van der Waals surface area contributed by atoms with E-state index in [1.807, 2.05) is 44.1 Å². The van der Waals surface area contributed by atoms with Gasteiger partial charge in [-0.1, -0.05) is 11.2 Å². The van der Waals surface area contributed by atoms with E-state index in [9.17, 15) is 0 Å². The fourth-order valence-corrected chi connectivity index (χ4v) is 1.60. The molecule has 0 aliphatic carbocycles. The lowest BCUT2D eigenvalue weighted by molar-refractivity contribution is 0.432. The van der Waals surface area contributed by atoms with Gasteiger partial charge in [0, 0.05) is 31.9 Å². The third kappa shape index (κ3) is 3.51. The number of nitrogens with zero attached hydrogens (tertiary/aromatic N) is 4. The van der Waals surface area contributed by atoms with Crippen molar-refractivity contribution >= 4 is 6.01 Å². The van der Waals surface area contributed by atoms with E-state index in [0.717, 1.165) is 18.7 Å². The standard InChI is InChI=1S/C13H19N5O/c1-10(14-2)12-16-17-13(19-12)18(3)9-7-11-6-4-5-8-15-11/h4-6,8,10,14H,7,9H2,1-3H3. The highest BCUT2D eigenvalue weighted by atomic mass is 16.4. The minimum absolute atomic E-state index is 0.0606. The number of hydrogen-bond donors (Lipinski definition) is 1. The van der Waals surface area contributed by atoms with Gasteiger partial charge in [-0.2, -0.15) is 0 Å². The first-order valence-corrected chi connectivity index (χ1v) is 6.32. The smallest absolute Gasteiger partial charge is 0.317 e. The first-order chi connectivity index (χ1) is 9.20. The molecule has 0 amide bonds. The summed E-state index contributed by atoms with van der Waals surface area (Å²) in [6.07, 6.45) is 2.64. The SMILES string of the molecule is CNC(C)c1nnc(N(C)CCc2ccccn2)o1. The number of anilines is 1. The van der Waals surface area contributed by atoms with Crippen LogP contribution in [0.15, 0.2) is 28.8 Å². The molecule has 2 heterocycles. The van der Waals surface area contributed by atoms with Crippen LogP contribution < -0.4 is 10.2 Å². The maximum absolute atomic E-state index is 5.61. The van der Waals surface area contributed by atoms with E-state index < -0.39 is 0 Å². The lowest BCUT2D eigenvalue weighted by Gasteiger charge is -2.13. The van der Waals surface area contributed by atoms with Crippen molar-refractivity contribution < 1.29 is 4.42 Å². The number of likely N-dealkylation sites (N-methyl/N-ethyl adjacent to an activating group) is 1. The van der Waals surface area contributed by atoms with Crippen LogP contribution in [-0.2, 0) is 6.42 Å². The summed E-state index contributed by atoms with van der Waals surface area (Å²) in [5.74, 6) is 0.599. The molecule has 6 nitrogen and oxygen atoms in total. The van der Waals surface area contributed by atoms with Gasteiger partial charge in [0.25, 0.3) is 0 Å². The highest BCUT2D eigenvalue weighted by molar-refractivity contribution is 5.23. The van der Waals surface area contributed by atoms with Crippen molar-refractivity contribution in [3.05, 3.63) is 36.0 Å². The van der Waals surface area contributed by atoms with E-state index in [-0.39, 0.29) is 6.04 Å². The predicted molar refractivity (Wildman–Crippen MR) is 73.0 cm³/mol. The molecule has 1 atom stereocenters. The highest BCUT2D eigenvalue weighted by Gasteiger charge is 2.14. The lowest BCUT2D eigenvalue weighted by Crippen LogP contribution is -2.21. The summed E-state index contributed by atoms with van der Waals surface area (Å²) in [4.78, 5) is 6.23. The number of nitrogens with one attached hydrogen (secondary N) is 1. The van der Waals surface area contributed by atoms with Crippen molar-refractivity contribution in [2.45, 2.75) is 19.4 Å². The van der Waals surface area contributed by atoms with E-state index in [0.29, 0.717) is 11.9 Å². The molecule has 0 spiro atoms. The predicted octanol–water partition coefficient (Wildman–Crippen LogP) is 1.42. The second-order valence-corrected chi connectivity index (χ2v) is 4.43. The fourth-order valence-electron chi connectivity index (χ4n) is 1.60. The number of hydrogen-bond acceptors (Lipinski definition) is 6. The molecule has 6 heteroatoms. The molecule has 0 bridgehead atoms. The number of rotatable bonds is 6. The van der Waals surface area contributed by atoms with E-state index >= 15 is 0 Å². The van der Waals surface area contributed by atoms with Gasteiger partial charge >= 0.3 is 6.01 Å². The Labute approximate surface area is 112 Å². The van der Waals surface area contributed by atoms with Gasteiger partial charge in [-0.15, -0.1) is 5.10 Å². The minimum atomic E-state index is 0.0606. The summed E-state index contributed by atoms with van der Waals surface area (Å²) in [5.41, 5.74) is 1.05. The van der Waals surface area contributed by atoms with Crippen LogP contribution in [0, 0.1) is 0 Å². The summed E-state index contributed by atoms with van der Waals surface area (Å²) in [6, 6.07) is 6.51. The van der Waals surface area contributed by atoms with E-state index in [1.165, 1.54) is 0 Å². The molecule has 0 saturated heterocycles. The Morgan fingerprint density at radius 1 is 1.37 bits per heavy atom. The van der Waals surface area contributed by atoms with Gasteiger partial charge in [0.05, 0.1) is 6.04 Å². The Kier molecular flexibility index (Phi) is 4.46. The summed E-state index contributed by atoms with van der Waals surface area (Å²) < 4.78 is 5.61. The van der Waals surface area contributed by atoms with Gasteiger partial charge in [-0.25, -0.2) is 0 Å². The van der Waals surface area contributed by atoms with Crippen molar-refractivity contribution in [2.75, 3.05) is 25.5 Å². The molecule has 0 aliphatic rings. The van der Waals surface area contributed by atoms with E-state index in [2.05, 4.69) is 20.5 Å². The van der Waals surface area contributed by atoms with Crippen molar-refractivity contribution in [2.24, 2.45) is 0 Å². The molecular formula is C13H19N5O. The fraction of sp³-hybridized carbons (Fsp3) is 0.462. The second-order valence-electron chi connectivity index (χ2n) is 4.43. The van der Waals surface area contributed by atoms with Crippen LogP contribution >= 0.6 is 0 Å². The second kappa shape index (κ2) is 6.29. The van der Waals surface area contributed by atoms with Gasteiger partial charge in [-0.05, 0) is 26.1 Å². The lowest BCUT2D eigenvalue weighted by atomic mass is 10.2. The quantitative estimate of drug-likeness (QED) is 0.848. The number of pyridine rings is 1. The molecular weight excluding hydrogens is 242 g/mol. The van der Waals surface area contributed by atoms with E-state index in [4.69, 9.17) is 4.42 Å². The van der Waals surface area contributed by atoms with Crippen LogP contribution in [0.3, 0.4) is 0 Å². The van der Waals surface area contributed by atoms with Crippen LogP contribution in [0.5, 0.6) is 0 Å². The van der Waals surface area contributed by atoms with Crippen LogP contribution in [0.4, 0.5) is 6.01 Å². The summed E-state index contributed by atoms with van der Waals surface area (Å²) >= 11 is 0. The summed E-state index contributed by atoms with van der Waals surface area (Å²) in [5, 5.41) is 11.1. The van der Waals surface area contributed by atoms with E-state index in [1.54, 1.807) is 6.20 Å². The third-order valence-electron chi connectivity index (χ3n) is 2.99. The minimum Gasteiger partial charge on any atom is -0.406 e. The first kappa shape index (κ1) is 13.5. The zero-order valence-corrected chi connectivity index (χ0v) is 11.5. The van der Waals surface area contributed by atoms with Crippen molar-refractivity contribution in [3.8, 4) is 0 Å². The largest absolute Gasteiger partial charge is 0.406 e. The average molecular weight is 261 g/mol. The van der Waals surface area contributed by atoms with Crippen molar-refractivity contribution in [1.82, 2.24) is 20.5 Å². The van der Waals surface area contributed by atoms with Gasteiger partial charge in [-0.3, -0.25) is 4.98 Å². The monoisotopic (exact) mass is 261 g/mol. The molecule has 2 rings (SSSR count). The maximum Gasteiger partial charge on any atom is 0.317 e. The third-order valence-corrected chi connectivity index (χ3v) is 2.99. The Balaban J connectivity index is 1.93. The molecule has 0 radical (unpaired) electrons. The summed E-state index contributed by atoms with van der Waals surface area (Å²) in [6.45, 7) is 2.76. The van der Waals surface area contributed by atoms with Crippen LogP contribution in [0.2, 0.25) is 0 Å². The Morgan fingerprint density at radius 3 is 2.89 bits per heavy atom. The molecule has 0 aliphatic heterocycles. The molecule has 0 fully saturated rings.